The van der Waals surface area contributed by atoms with Crippen LogP contribution in [0.25, 0.3) is 0 Å². The largest absolute Gasteiger partial charge is 0.375 e. The first-order valence-electron chi connectivity index (χ1n) is 6.42. The number of benzene rings is 1. The van der Waals surface area contributed by atoms with E-state index in [0.717, 1.165) is 10.6 Å². The van der Waals surface area contributed by atoms with Gasteiger partial charge in [-0.15, -0.1) is 0 Å². The minimum atomic E-state index is 0.281. The Morgan fingerprint density at radius 2 is 2.35 bits per heavy atom. The SMILES string of the molecule is N#Cc1c(N=Cc2cnc(N)s2)n[nH]c1Nc1cccc(Cl)c1. The van der Waals surface area contributed by atoms with Crippen LogP contribution in [0.2, 0.25) is 5.02 Å². The van der Waals surface area contributed by atoms with E-state index in [0.29, 0.717) is 21.5 Å². The van der Waals surface area contributed by atoms with Crippen molar-refractivity contribution >= 4 is 51.6 Å². The fourth-order valence-electron chi connectivity index (χ4n) is 1.82. The van der Waals surface area contributed by atoms with Crippen LogP contribution in [0, 0.1) is 11.3 Å². The number of aliphatic imine (C=N–C) groups is 1. The number of hydrogen-bond donors (Lipinski definition) is 3. The summed E-state index contributed by atoms with van der Waals surface area (Å²) in [7, 11) is 0. The lowest BCUT2D eigenvalue weighted by molar-refractivity contribution is 1.09. The predicted octanol–water partition coefficient (Wildman–Crippen LogP) is 3.47. The molecule has 0 bridgehead atoms. The third-order valence-corrected chi connectivity index (χ3v) is 3.80. The van der Waals surface area contributed by atoms with Crippen LogP contribution in [-0.4, -0.2) is 21.4 Å². The monoisotopic (exact) mass is 343 g/mol. The number of nitrogens with one attached hydrogen (secondary N) is 2. The van der Waals surface area contributed by atoms with Gasteiger partial charge in [-0.3, -0.25) is 5.10 Å². The standard InChI is InChI=1S/C14H10ClN7S/c15-8-2-1-3-9(4-8)20-13-11(5-16)12(21-22-13)18-6-10-7-19-14(17)23-10/h1-4,6-7H,(H2,17,19)(H2,20,21,22). The number of anilines is 3. The second-order valence-electron chi connectivity index (χ2n) is 4.40. The molecule has 0 aliphatic heterocycles. The Hall–Kier alpha value is -2.89. The highest BCUT2D eigenvalue weighted by molar-refractivity contribution is 7.16. The third-order valence-electron chi connectivity index (χ3n) is 2.81. The number of H-pyrrole nitrogens is 1. The number of nitriles is 1. The summed E-state index contributed by atoms with van der Waals surface area (Å²) in [6.45, 7) is 0. The van der Waals surface area contributed by atoms with E-state index in [1.807, 2.05) is 6.07 Å². The van der Waals surface area contributed by atoms with Gasteiger partial charge in [-0.25, -0.2) is 9.98 Å². The van der Waals surface area contributed by atoms with Crippen LogP contribution in [0.5, 0.6) is 0 Å². The molecule has 3 rings (SSSR count). The summed E-state index contributed by atoms with van der Waals surface area (Å²) in [6.07, 6.45) is 3.17. The van der Waals surface area contributed by atoms with E-state index in [4.69, 9.17) is 17.3 Å². The summed E-state index contributed by atoms with van der Waals surface area (Å²) in [6, 6.07) is 9.22. The maximum absolute atomic E-state index is 9.34. The van der Waals surface area contributed by atoms with Crippen molar-refractivity contribution in [3.63, 3.8) is 0 Å². The van der Waals surface area contributed by atoms with E-state index in [9.17, 15) is 5.26 Å². The number of nitrogen functional groups attached to an aromatic ring is 1. The van der Waals surface area contributed by atoms with Crippen molar-refractivity contribution in [2.24, 2.45) is 4.99 Å². The molecule has 0 amide bonds. The van der Waals surface area contributed by atoms with Gasteiger partial charge in [-0.1, -0.05) is 29.0 Å². The van der Waals surface area contributed by atoms with Crippen LogP contribution in [-0.2, 0) is 0 Å². The Labute approximate surface area is 140 Å². The van der Waals surface area contributed by atoms with Gasteiger partial charge in [0.1, 0.15) is 17.5 Å². The first-order valence-corrected chi connectivity index (χ1v) is 7.61. The van der Waals surface area contributed by atoms with Crippen molar-refractivity contribution in [1.29, 1.82) is 5.26 Å². The van der Waals surface area contributed by atoms with Gasteiger partial charge in [0.15, 0.2) is 10.9 Å². The molecule has 7 nitrogen and oxygen atoms in total. The molecule has 23 heavy (non-hydrogen) atoms. The molecule has 0 spiro atoms. The van der Waals surface area contributed by atoms with Crippen molar-refractivity contribution in [3.8, 4) is 6.07 Å². The number of nitrogens with zero attached hydrogens (tertiary/aromatic N) is 4. The summed E-state index contributed by atoms with van der Waals surface area (Å²) in [5.74, 6) is 0.731. The maximum Gasteiger partial charge on any atom is 0.193 e. The summed E-state index contributed by atoms with van der Waals surface area (Å²) in [4.78, 5) is 8.90. The highest BCUT2D eigenvalue weighted by Crippen LogP contribution is 2.27. The molecular formula is C14H10ClN7S. The van der Waals surface area contributed by atoms with Crippen molar-refractivity contribution in [3.05, 3.63) is 45.9 Å². The van der Waals surface area contributed by atoms with Crippen LogP contribution in [0.4, 0.5) is 22.5 Å². The lowest BCUT2D eigenvalue weighted by atomic mass is 10.3. The first kappa shape index (κ1) is 15.0. The van der Waals surface area contributed by atoms with E-state index in [2.05, 4.69) is 31.6 Å². The fourth-order valence-corrected chi connectivity index (χ4v) is 2.57. The van der Waals surface area contributed by atoms with Crippen LogP contribution in [0.3, 0.4) is 0 Å². The molecule has 9 heteroatoms. The minimum Gasteiger partial charge on any atom is -0.375 e. The Bertz CT molecular complexity index is 906. The van der Waals surface area contributed by atoms with Gasteiger partial charge < -0.3 is 11.1 Å². The second kappa shape index (κ2) is 6.48. The Morgan fingerprint density at radius 1 is 1.48 bits per heavy atom. The van der Waals surface area contributed by atoms with E-state index < -0.39 is 0 Å². The van der Waals surface area contributed by atoms with Crippen molar-refractivity contribution in [2.75, 3.05) is 11.1 Å². The summed E-state index contributed by atoms with van der Waals surface area (Å²) < 4.78 is 0. The van der Waals surface area contributed by atoms with Crippen molar-refractivity contribution < 1.29 is 0 Å². The molecule has 1 aromatic carbocycles. The number of thiazole rings is 1. The summed E-state index contributed by atoms with van der Waals surface area (Å²) in [5.41, 5.74) is 6.60. The molecule has 0 saturated heterocycles. The normalized spacial score (nSPS) is 10.8. The lowest BCUT2D eigenvalue weighted by Gasteiger charge is -2.03. The smallest absolute Gasteiger partial charge is 0.193 e. The van der Waals surface area contributed by atoms with E-state index in [1.165, 1.54) is 11.3 Å². The van der Waals surface area contributed by atoms with Crippen LogP contribution in [0.1, 0.15) is 10.4 Å². The van der Waals surface area contributed by atoms with Crippen LogP contribution in [0.15, 0.2) is 35.5 Å². The molecule has 0 aliphatic rings. The number of nitrogens with two attached hydrogens (primary N) is 1. The molecular weight excluding hydrogens is 334 g/mol. The summed E-state index contributed by atoms with van der Waals surface area (Å²) in [5, 5.41) is 20.2. The number of halogens is 1. The van der Waals surface area contributed by atoms with Gasteiger partial charge in [0.25, 0.3) is 0 Å². The molecule has 0 fully saturated rings. The average molecular weight is 344 g/mol. The Kier molecular flexibility index (Phi) is 4.23. The van der Waals surface area contributed by atoms with Crippen molar-refractivity contribution in [2.45, 2.75) is 0 Å². The zero-order valence-corrected chi connectivity index (χ0v) is 13.2. The number of rotatable bonds is 4. The van der Waals surface area contributed by atoms with Gasteiger partial charge in [-0.2, -0.15) is 10.4 Å². The van der Waals surface area contributed by atoms with Gasteiger partial charge >= 0.3 is 0 Å². The molecule has 0 atom stereocenters. The highest BCUT2D eigenvalue weighted by atomic mass is 35.5. The first-order chi connectivity index (χ1) is 11.2. The van der Waals surface area contributed by atoms with E-state index in [-0.39, 0.29) is 5.82 Å². The number of aromatic amines is 1. The molecule has 0 aliphatic carbocycles. The number of hydrogen-bond acceptors (Lipinski definition) is 7. The Balaban J connectivity index is 1.85. The highest BCUT2D eigenvalue weighted by Gasteiger charge is 2.12. The average Bonchev–Trinajstić information content (AvgIpc) is 3.11. The van der Waals surface area contributed by atoms with E-state index in [1.54, 1.807) is 30.6 Å². The summed E-state index contributed by atoms with van der Waals surface area (Å²) >= 11 is 7.24. The van der Waals surface area contributed by atoms with E-state index >= 15 is 0 Å². The molecule has 0 saturated carbocycles. The lowest BCUT2D eigenvalue weighted by Crippen LogP contribution is -1.92. The fraction of sp³-hybridized carbons (Fsp3) is 0. The molecule has 3 aromatic rings. The Morgan fingerprint density at radius 3 is 3.04 bits per heavy atom. The van der Waals surface area contributed by atoms with Gasteiger partial charge in [0, 0.05) is 23.1 Å². The minimum absolute atomic E-state index is 0.281. The van der Waals surface area contributed by atoms with Gasteiger partial charge in [-0.05, 0) is 18.2 Å². The van der Waals surface area contributed by atoms with Crippen LogP contribution >= 0.6 is 22.9 Å². The second-order valence-corrected chi connectivity index (χ2v) is 5.93. The van der Waals surface area contributed by atoms with Crippen LogP contribution < -0.4 is 11.1 Å². The molecule has 114 valence electrons. The molecule has 0 radical (unpaired) electrons. The maximum atomic E-state index is 9.34. The van der Waals surface area contributed by atoms with Crippen molar-refractivity contribution in [1.82, 2.24) is 15.2 Å². The quantitative estimate of drug-likeness (QED) is 0.627. The zero-order chi connectivity index (χ0) is 16.2. The molecule has 2 aromatic heterocycles. The molecule has 4 N–H and O–H groups in total. The third kappa shape index (κ3) is 3.48. The van der Waals surface area contributed by atoms with Gasteiger partial charge in [0.2, 0.25) is 0 Å². The topological polar surface area (TPSA) is 116 Å². The van der Waals surface area contributed by atoms with Gasteiger partial charge in [0.05, 0.1) is 4.88 Å². The molecule has 2 heterocycles. The zero-order valence-electron chi connectivity index (χ0n) is 11.6. The molecule has 0 unspecified atom stereocenters. The number of aromatic nitrogens is 3. The predicted molar refractivity (Wildman–Crippen MR) is 91.8 cm³/mol.